The number of rotatable bonds is 3. The van der Waals surface area contributed by atoms with Crippen molar-refractivity contribution in [3.8, 4) is 0 Å². The molecule has 1 unspecified atom stereocenters. The highest BCUT2D eigenvalue weighted by Crippen LogP contribution is 2.22. The Bertz CT molecular complexity index is 134. The average Bonchev–Trinajstić information content (AvgIpc) is 2.03. The van der Waals surface area contributed by atoms with E-state index in [4.69, 9.17) is 4.55 Å². The molecule has 0 radical (unpaired) electrons. The first kappa shape index (κ1) is 9.16. The zero-order valence-electron chi connectivity index (χ0n) is 6.58. The molecule has 1 aliphatic rings. The van der Waals surface area contributed by atoms with Crippen molar-refractivity contribution in [1.29, 1.82) is 0 Å². The van der Waals surface area contributed by atoms with Gasteiger partial charge in [-0.15, -0.1) is 0 Å². The summed E-state index contributed by atoms with van der Waals surface area (Å²) >= 11 is -1.82. The molecular formula is C7H15NO2S. The van der Waals surface area contributed by atoms with E-state index in [1.54, 1.807) is 0 Å². The smallest absolute Gasteiger partial charge is 0.231 e. The molecule has 0 amide bonds. The first-order valence-corrected chi connectivity index (χ1v) is 5.24. The van der Waals surface area contributed by atoms with Crippen molar-refractivity contribution in [2.24, 2.45) is 5.92 Å². The lowest BCUT2D eigenvalue weighted by molar-refractivity contribution is 0.356. The van der Waals surface area contributed by atoms with Gasteiger partial charge in [-0.1, -0.05) is 19.3 Å². The van der Waals surface area contributed by atoms with E-state index >= 15 is 0 Å². The highest BCUT2D eigenvalue weighted by molar-refractivity contribution is 7.77. The molecule has 3 nitrogen and oxygen atoms in total. The zero-order valence-corrected chi connectivity index (χ0v) is 7.40. The van der Waals surface area contributed by atoms with Gasteiger partial charge < -0.3 is 0 Å². The maximum Gasteiger partial charge on any atom is 0.231 e. The van der Waals surface area contributed by atoms with Gasteiger partial charge in [0.2, 0.25) is 11.3 Å². The minimum atomic E-state index is -1.82. The van der Waals surface area contributed by atoms with E-state index in [0.717, 1.165) is 0 Å². The van der Waals surface area contributed by atoms with Crippen molar-refractivity contribution in [3.05, 3.63) is 0 Å². The van der Waals surface area contributed by atoms with Crippen LogP contribution in [0.2, 0.25) is 0 Å². The van der Waals surface area contributed by atoms with E-state index in [9.17, 15) is 4.21 Å². The summed E-state index contributed by atoms with van der Waals surface area (Å²) in [6, 6.07) is 0. The van der Waals surface area contributed by atoms with Crippen LogP contribution in [-0.2, 0) is 11.3 Å². The largest absolute Gasteiger partial charge is 0.294 e. The van der Waals surface area contributed by atoms with Crippen molar-refractivity contribution in [1.82, 2.24) is 4.72 Å². The van der Waals surface area contributed by atoms with Crippen LogP contribution in [0.5, 0.6) is 0 Å². The van der Waals surface area contributed by atoms with Crippen LogP contribution in [0.15, 0.2) is 0 Å². The van der Waals surface area contributed by atoms with Gasteiger partial charge in [0.05, 0.1) is 0 Å². The van der Waals surface area contributed by atoms with Crippen molar-refractivity contribution in [2.75, 3.05) is 6.54 Å². The van der Waals surface area contributed by atoms with E-state index in [2.05, 4.69) is 4.72 Å². The number of hydrogen-bond acceptors (Lipinski definition) is 1. The fourth-order valence-corrected chi connectivity index (χ4v) is 1.96. The summed E-state index contributed by atoms with van der Waals surface area (Å²) in [5.41, 5.74) is 0. The van der Waals surface area contributed by atoms with Crippen LogP contribution in [-0.4, -0.2) is 15.3 Å². The van der Waals surface area contributed by atoms with Gasteiger partial charge in [-0.2, -0.15) is 0 Å². The van der Waals surface area contributed by atoms with Crippen molar-refractivity contribution in [2.45, 2.75) is 32.1 Å². The van der Waals surface area contributed by atoms with E-state index in [-0.39, 0.29) is 0 Å². The Kier molecular flexibility index (Phi) is 4.04. The number of nitrogens with one attached hydrogen (secondary N) is 1. The Morgan fingerprint density at radius 1 is 1.36 bits per heavy atom. The van der Waals surface area contributed by atoms with Crippen molar-refractivity contribution < 1.29 is 8.76 Å². The SMILES string of the molecule is O=S(O)NCC1CCCCC1. The maximum atomic E-state index is 10.2. The molecule has 66 valence electrons. The molecule has 1 rings (SSSR count). The molecule has 0 aliphatic heterocycles. The molecule has 2 N–H and O–H groups in total. The lowest BCUT2D eigenvalue weighted by atomic mass is 9.90. The predicted molar refractivity (Wildman–Crippen MR) is 45.3 cm³/mol. The molecule has 1 fully saturated rings. The summed E-state index contributed by atoms with van der Waals surface area (Å²) in [5.74, 6) is 0.625. The molecule has 1 saturated carbocycles. The third-order valence-corrected chi connectivity index (χ3v) is 2.63. The minimum Gasteiger partial charge on any atom is -0.294 e. The molecule has 0 saturated heterocycles. The summed E-state index contributed by atoms with van der Waals surface area (Å²) in [7, 11) is 0. The van der Waals surface area contributed by atoms with Gasteiger partial charge in [-0.3, -0.25) is 4.55 Å². The summed E-state index contributed by atoms with van der Waals surface area (Å²) in [6.45, 7) is 0.698. The van der Waals surface area contributed by atoms with Gasteiger partial charge >= 0.3 is 0 Å². The monoisotopic (exact) mass is 177 g/mol. The normalized spacial score (nSPS) is 23.4. The summed E-state index contributed by atoms with van der Waals surface area (Å²) in [4.78, 5) is 0. The van der Waals surface area contributed by atoms with Gasteiger partial charge in [0.1, 0.15) is 0 Å². The molecule has 4 heteroatoms. The fraction of sp³-hybridized carbons (Fsp3) is 1.00. The second-order valence-corrected chi connectivity index (χ2v) is 3.89. The molecule has 1 atom stereocenters. The van der Waals surface area contributed by atoms with E-state index < -0.39 is 11.3 Å². The minimum absolute atomic E-state index is 0.625. The fourth-order valence-electron chi connectivity index (χ4n) is 1.58. The zero-order chi connectivity index (χ0) is 8.10. The van der Waals surface area contributed by atoms with Crippen LogP contribution in [0, 0.1) is 5.92 Å². The highest BCUT2D eigenvalue weighted by Gasteiger charge is 2.13. The molecule has 1 aliphatic carbocycles. The highest BCUT2D eigenvalue weighted by atomic mass is 32.2. The second kappa shape index (κ2) is 4.85. The van der Waals surface area contributed by atoms with Crippen molar-refractivity contribution in [3.63, 3.8) is 0 Å². The molecule has 11 heavy (non-hydrogen) atoms. The number of hydrogen-bond donors (Lipinski definition) is 2. The lowest BCUT2D eigenvalue weighted by Gasteiger charge is -2.20. The second-order valence-electron chi connectivity index (χ2n) is 3.10. The quantitative estimate of drug-likeness (QED) is 0.638. The average molecular weight is 177 g/mol. The topological polar surface area (TPSA) is 49.3 Å². The van der Waals surface area contributed by atoms with Crippen LogP contribution < -0.4 is 4.72 Å². The molecule has 0 aromatic heterocycles. The molecule has 0 heterocycles. The Balaban J connectivity index is 2.09. The van der Waals surface area contributed by atoms with Crippen LogP contribution in [0.1, 0.15) is 32.1 Å². The first-order valence-electron chi connectivity index (χ1n) is 4.13. The van der Waals surface area contributed by atoms with E-state index in [1.807, 2.05) is 0 Å². The van der Waals surface area contributed by atoms with Crippen LogP contribution in [0.4, 0.5) is 0 Å². The van der Waals surface area contributed by atoms with Gasteiger partial charge in [-0.25, -0.2) is 8.93 Å². The maximum absolute atomic E-state index is 10.2. The molecular weight excluding hydrogens is 162 g/mol. The third kappa shape index (κ3) is 3.84. The molecule has 0 aromatic carbocycles. The summed E-state index contributed by atoms with van der Waals surface area (Å²) in [5, 5.41) is 0. The van der Waals surface area contributed by atoms with Gasteiger partial charge in [0, 0.05) is 6.54 Å². The van der Waals surface area contributed by atoms with Gasteiger partial charge in [-0.05, 0) is 18.8 Å². The Hall–Kier alpha value is 0.0700. The molecule has 0 aromatic rings. The first-order chi connectivity index (χ1) is 5.29. The van der Waals surface area contributed by atoms with Crippen LogP contribution in [0.25, 0.3) is 0 Å². The Morgan fingerprint density at radius 3 is 2.55 bits per heavy atom. The van der Waals surface area contributed by atoms with Gasteiger partial charge in [0.25, 0.3) is 0 Å². The summed E-state index contributed by atoms with van der Waals surface area (Å²) < 4.78 is 21.2. The predicted octanol–water partition coefficient (Wildman–Crippen LogP) is 1.29. The van der Waals surface area contributed by atoms with Crippen molar-refractivity contribution >= 4 is 11.3 Å². The van der Waals surface area contributed by atoms with E-state index in [0.29, 0.717) is 12.5 Å². The third-order valence-electron chi connectivity index (χ3n) is 2.22. The lowest BCUT2D eigenvalue weighted by Crippen LogP contribution is -2.25. The van der Waals surface area contributed by atoms with E-state index in [1.165, 1.54) is 32.1 Å². The van der Waals surface area contributed by atoms with Crippen LogP contribution in [0.3, 0.4) is 0 Å². The Morgan fingerprint density at radius 2 is 2.00 bits per heavy atom. The standard InChI is InChI=1S/C7H15NO2S/c9-11(10)8-6-7-4-2-1-3-5-7/h7-8H,1-6H2,(H,9,10). The summed E-state index contributed by atoms with van der Waals surface area (Å²) in [6.07, 6.45) is 6.32. The Labute approximate surface area is 70.0 Å². The van der Waals surface area contributed by atoms with Gasteiger partial charge in [0.15, 0.2) is 0 Å². The molecule has 0 bridgehead atoms. The molecule has 0 spiro atoms. The van der Waals surface area contributed by atoms with Crippen LogP contribution >= 0.6 is 0 Å².